The summed E-state index contributed by atoms with van der Waals surface area (Å²) in [6, 6.07) is 16.7. The van der Waals surface area contributed by atoms with Crippen LogP contribution in [0.25, 0.3) is 0 Å². The first-order valence-corrected chi connectivity index (χ1v) is 9.17. The smallest absolute Gasteiger partial charge is 0.227 e. The number of aromatic nitrogens is 2. The Hall–Kier alpha value is -2.86. The lowest BCUT2D eigenvalue weighted by Gasteiger charge is -2.36. The maximum Gasteiger partial charge on any atom is 0.227 e. The number of nitrogens with one attached hydrogen (secondary N) is 1. The summed E-state index contributed by atoms with van der Waals surface area (Å²) in [6.45, 7) is 3.53. The molecule has 1 aromatic heterocycles. The van der Waals surface area contributed by atoms with Crippen LogP contribution in [0, 0.1) is 5.82 Å². The van der Waals surface area contributed by atoms with Crippen LogP contribution in [0.1, 0.15) is 0 Å². The molecule has 0 spiro atoms. The fraction of sp³-hybridized carbons (Fsp3) is 0.200. The lowest BCUT2D eigenvalue weighted by Crippen LogP contribution is -2.47. The molecule has 0 bridgehead atoms. The first-order chi connectivity index (χ1) is 13.2. The lowest BCUT2D eigenvalue weighted by atomic mass is 10.2. The van der Waals surface area contributed by atoms with Gasteiger partial charge >= 0.3 is 0 Å². The number of hydrogen-bond donors (Lipinski definition) is 1. The molecule has 138 valence electrons. The van der Waals surface area contributed by atoms with Crippen molar-refractivity contribution in [1.29, 1.82) is 0 Å². The van der Waals surface area contributed by atoms with E-state index in [1.54, 1.807) is 18.3 Å². The van der Waals surface area contributed by atoms with Crippen molar-refractivity contribution in [2.75, 3.05) is 41.3 Å². The monoisotopic (exact) mass is 383 g/mol. The molecule has 1 saturated heterocycles. The Morgan fingerprint density at radius 3 is 2.41 bits per heavy atom. The Bertz CT molecular complexity index is 913. The van der Waals surface area contributed by atoms with Crippen molar-refractivity contribution in [2.45, 2.75) is 0 Å². The zero-order valence-electron chi connectivity index (χ0n) is 14.6. The molecular formula is C20H19ClFN5. The first-order valence-electron chi connectivity index (χ1n) is 8.79. The molecule has 27 heavy (non-hydrogen) atoms. The van der Waals surface area contributed by atoms with Gasteiger partial charge in [0.05, 0.1) is 5.02 Å². The van der Waals surface area contributed by atoms with Gasteiger partial charge in [-0.05, 0) is 36.4 Å². The number of para-hydroxylation sites is 1. The summed E-state index contributed by atoms with van der Waals surface area (Å²) in [7, 11) is 0. The lowest BCUT2D eigenvalue weighted by molar-refractivity contribution is 0.628. The molecule has 0 saturated carbocycles. The van der Waals surface area contributed by atoms with Crippen LogP contribution in [0.3, 0.4) is 0 Å². The van der Waals surface area contributed by atoms with Crippen molar-refractivity contribution in [2.24, 2.45) is 0 Å². The van der Waals surface area contributed by atoms with Crippen LogP contribution in [0.5, 0.6) is 0 Å². The fourth-order valence-corrected chi connectivity index (χ4v) is 3.28. The van der Waals surface area contributed by atoms with E-state index in [0.29, 0.717) is 17.5 Å². The summed E-state index contributed by atoms with van der Waals surface area (Å²) in [6.07, 6.45) is 1.72. The Morgan fingerprint density at radius 2 is 1.67 bits per heavy atom. The van der Waals surface area contributed by atoms with Crippen LogP contribution >= 0.6 is 11.6 Å². The minimum atomic E-state index is -0.443. The quantitative estimate of drug-likeness (QED) is 0.726. The van der Waals surface area contributed by atoms with Gasteiger partial charge in [-0.25, -0.2) is 9.37 Å². The predicted molar refractivity (Wildman–Crippen MR) is 108 cm³/mol. The van der Waals surface area contributed by atoms with E-state index in [1.807, 2.05) is 6.07 Å². The minimum Gasteiger partial charge on any atom is -0.368 e. The molecule has 2 aromatic carbocycles. The van der Waals surface area contributed by atoms with E-state index < -0.39 is 5.82 Å². The molecule has 3 aromatic rings. The molecule has 1 aliphatic rings. The van der Waals surface area contributed by atoms with Crippen molar-refractivity contribution in [1.82, 2.24) is 9.97 Å². The van der Waals surface area contributed by atoms with Gasteiger partial charge in [0.1, 0.15) is 11.6 Å². The number of piperazine rings is 1. The second-order valence-electron chi connectivity index (χ2n) is 6.31. The van der Waals surface area contributed by atoms with E-state index in [1.165, 1.54) is 17.8 Å². The Labute approximate surface area is 162 Å². The van der Waals surface area contributed by atoms with E-state index in [0.717, 1.165) is 26.2 Å². The predicted octanol–water partition coefficient (Wildman–Crippen LogP) is 4.34. The third-order valence-corrected chi connectivity index (χ3v) is 4.81. The summed E-state index contributed by atoms with van der Waals surface area (Å²) >= 11 is 5.84. The molecule has 0 amide bonds. The molecule has 7 heteroatoms. The molecule has 5 nitrogen and oxygen atoms in total. The van der Waals surface area contributed by atoms with E-state index in [4.69, 9.17) is 11.6 Å². The largest absolute Gasteiger partial charge is 0.368 e. The third-order valence-electron chi connectivity index (χ3n) is 4.52. The molecular weight excluding hydrogens is 365 g/mol. The summed E-state index contributed by atoms with van der Waals surface area (Å²) in [5.41, 5.74) is 1.92. The molecule has 1 N–H and O–H groups in total. The Balaban J connectivity index is 1.43. The van der Waals surface area contributed by atoms with E-state index in [9.17, 15) is 4.39 Å². The summed E-state index contributed by atoms with van der Waals surface area (Å²) in [5.74, 6) is 0.885. The second kappa shape index (κ2) is 7.80. The number of benzene rings is 2. The molecule has 0 atom stereocenters. The highest BCUT2D eigenvalue weighted by Gasteiger charge is 2.19. The highest BCUT2D eigenvalue weighted by molar-refractivity contribution is 6.31. The van der Waals surface area contributed by atoms with Gasteiger partial charge in [0.25, 0.3) is 0 Å². The zero-order chi connectivity index (χ0) is 18.6. The zero-order valence-corrected chi connectivity index (χ0v) is 15.4. The van der Waals surface area contributed by atoms with Crippen LogP contribution in [0.4, 0.5) is 27.5 Å². The van der Waals surface area contributed by atoms with Crippen LogP contribution in [-0.4, -0.2) is 36.1 Å². The Morgan fingerprint density at radius 1 is 0.926 bits per heavy atom. The topological polar surface area (TPSA) is 44.3 Å². The van der Waals surface area contributed by atoms with Crippen molar-refractivity contribution in [3.8, 4) is 0 Å². The van der Waals surface area contributed by atoms with Gasteiger partial charge in [-0.15, -0.1) is 0 Å². The highest BCUT2D eigenvalue weighted by Crippen LogP contribution is 2.23. The highest BCUT2D eigenvalue weighted by atomic mass is 35.5. The molecule has 2 heterocycles. The fourth-order valence-electron chi connectivity index (χ4n) is 3.10. The van der Waals surface area contributed by atoms with Crippen LogP contribution in [0.2, 0.25) is 5.02 Å². The SMILES string of the molecule is Fc1ccc(Nc2ccnc(N3CCN(c4ccccc4)CC3)n2)cc1Cl. The normalized spacial score (nSPS) is 14.3. The van der Waals surface area contributed by atoms with Crippen molar-refractivity contribution in [3.63, 3.8) is 0 Å². The van der Waals surface area contributed by atoms with Crippen molar-refractivity contribution in [3.05, 3.63) is 71.6 Å². The van der Waals surface area contributed by atoms with Crippen LogP contribution in [-0.2, 0) is 0 Å². The Kier molecular flexibility index (Phi) is 5.07. The second-order valence-corrected chi connectivity index (χ2v) is 6.71. The van der Waals surface area contributed by atoms with Crippen LogP contribution in [0.15, 0.2) is 60.8 Å². The average Bonchev–Trinajstić information content (AvgIpc) is 2.72. The van der Waals surface area contributed by atoms with E-state index >= 15 is 0 Å². The van der Waals surface area contributed by atoms with Gasteiger partial charge < -0.3 is 15.1 Å². The number of rotatable bonds is 4. The minimum absolute atomic E-state index is 0.0753. The van der Waals surface area contributed by atoms with E-state index in [-0.39, 0.29) is 5.02 Å². The number of anilines is 4. The van der Waals surface area contributed by atoms with Gasteiger partial charge in [0.15, 0.2) is 0 Å². The van der Waals surface area contributed by atoms with Gasteiger partial charge in [-0.2, -0.15) is 4.98 Å². The molecule has 0 radical (unpaired) electrons. The molecule has 1 fully saturated rings. The standard InChI is InChI=1S/C20H19ClFN5/c21-17-14-15(6-7-18(17)22)24-19-8-9-23-20(25-19)27-12-10-26(11-13-27)16-4-2-1-3-5-16/h1-9,14H,10-13H2,(H,23,24,25). The first kappa shape index (κ1) is 17.5. The third kappa shape index (κ3) is 4.11. The number of nitrogens with zero attached hydrogens (tertiary/aromatic N) is 4. The van der Waals surface area contributed by atoms with E-state index in [2.05, 4.69) is 49.4 Å². The molecule has 0 aliphatic carbocycles. The molecule has 4 rings (SSSR count). The maximum atomic E-state index is 13.3. The van der Waals surface area contributed by atoms with Crippen LogP contribution < -0.4 is 15.1 Å². The van der Waals surface area contributed by atoms with Crippen molar-refractivity contribution >= 4 is 34.7 Å². The van der Waals surface area contributed by atoms with Gasteiger partial charge in [0.2, 0.25) is 5.95 Å². The summed E-state index contributed by atoms with van der Waals surface area (Å²) in [4.78, 5) is 13.5. The molecule has 1 aliphatic heterocycles. The summed E-state index contributed by atoms with van der Waals surface area (Å²) in [5, 5.41) is 3.22. The van der Waals surface area contributed by atoms with Gasteiger partial charge in [0, 0.05) is 43.8 Å². The average molecular weight is 384 g/mol. The number of hydrogen-bond acceptors (Lipinski definition) is 5. The summed E-state index contributed by atoms with van der Waals surface area (Å²) < 4.78 is 13.3. The number of halogens is 2. The molecule has 0 unspecified atom stereocenters. The van der Waals surface area contributed by atoms with Crippen molar-refractivity contribution < 1.29 is 4.39 Å². The van der Waals surface area contributed by atoms with Gasteiger partial charge in [-0.3, -0.25) is 0 Å². The van der Waals surface area contributed by atoms with Gasteiger partial charge in [-0.1, -0.05) is 29.8 Å². The maximum absolute atomic E-state index is 13.3.